The maximum atomic E-state index is 5.96. The summed E-state index contributed by atoms with van der Waals surface area (Å²) >= 11 is 0. The fourth-order valence-corrected chi connectivity index (χ4v) is 16.9. The van der Waals surface area contributed by atoms with E-state index in [0.717, 1.165) is 44.4 Å². The Balaban J connectivity index is 3.20. The lowest BCUT2D eigenvalue weighted by Crippen LogP contribution is -2.51. The van der Waals surface area contributed by atoms with E-state index in [0.29, 0.717) is 5.79 Å². The lowest BCUT2D eigenvalue weighted by atomic mass is 10.1. The largest absolute Gasteiger partial charge is 0.507 e. The highest BCUT2D eigenvalue weighted by atomic mass is 28.4. The first kappa shape index (κ1) is 43.2. The second kappa shape index (κ2) is 21.3. The topological polar surface area (TPSA) is 88.7 Å². The molecule has 0 saturated carbocycles. The van der Waals surface area contributed by atoms with Gasteiger partial charge in [0, 0.05) is 55.6 Å². The van der Waals surface area contributed by atoms with Gasteiger partial charge >= 0.3 is 25.9 Å². The lowest BCUT2D eigenvalue weighted by Gasteiger charge is -2.33. The third-order valence-electron chi connectivity index (χ3n) is 9.52. The van der Waals surface area contributed by atoms with Gasteiger partial charge in [0.25, 0.3) is 0 Å². The molecule has 0 bridgehead atoms. The first-order valence-corrected chi connectivity index (χ1v) is 31.2. The third kappa shape index (κ3) is 12.8. The van der Waals surface area contributed by atoms with Crippen LogP contribution in [0.5, 0.6) is 0 Å². The van der Waals surface area contributed by atoms with Crippen LogP contribution in [0.15, 0.2) is 12.1 Å². The normalized spacial score (nSPS) is 14.2. The highest BCUT2D eigenvalue weighted by Crippen LogP contribution is 2.28. The summed E-state index contributed by atoms with van der Waals surface area (Å²) in [5, 5.41) is 11.0. The monoisotopic (exact) mass is 736 g/mol. The van der Waals surface area contributed by atoms with Crippen LogP contribution in [0.3, 0.4) is 0 Å². The van der Waals surface area contributed by atoms with Gasteiger partial charge in [-0.15, -0.1) is 0 Å². The molecule has 264 valence electrons. The Labute approximate surface area is 285 Å². The summed E-state index contributed by atoms with van der Waals surface area (Å²) in [6, 6.07) is 8.01. The number of nitrogens with one attached hydrogen (secondary N) is 2. The Morgan fingerprint density at radius 1 is 0.711 bits per heavy atom. The molecule has 0 aliphatic heterocycles. The van der Waals surface area contributed by atoms with Crippen molar-refractivity contribution in [2.75, 3.05) is 62.9 Å². The van der Waals surface area contributed by atoms with E-state index in [2.05, 4.69) is 69.0 Å². The Hall–Kier alpha value is 0.161. The Morgan fingerprint density at radius 3 is 1.56 bits per heavy atom. The number of rotatable bonds is 25. The molecule has 0 saturated heterocycles. The fourth-order valence-electron chi connectivity index (χ4n) is 6.26. The predicted octanol–water partition coefficient (Wildman–Crippen LogP) is 2.70. The fraction of sp³-hybridized carbons (Fsp3) is 0.800. The van der Waals surface area contributed by atoms with Crippen molar-refractivity contribution in [2.45, 2.75) is 94.9 Å². The second-order valence-electron chi connectivity index (χ2n) is 13.0. The van der Waals surface area contributed by atoms with Crippen molar-refractivity contribution in [1.29, 1.82) is 0 Å². The summed E-state index contributed by atoms with van der Waals surface area (Å²) in [6.45, 7) is 18.3. The molecular formula is C30H68N2O7Si6. The summed E-state index contributed by atoms with van der Waals surface area (Å²) in [5.74, 6) is 0.373. The van der Waals surface area contributed by atoms with E-state index in [1.54, 1.807) is 65.7 Å². The van der Waals surface area contributed by atoms with Crippen molar-refractivity contribution in [3.63, 3.8) is 0 Å². The maximum Gasteiger partial charge on any atom is 0.507 e. The van der Waals surface area contributed by atoms with Gasteiger partial charge in [-0.05, 0) is 63.1 Å². The smallest absolute Gasteiger partial charge is 0.398 e. The lowest BCUT2D eigenvalue weighted by molar-refractivity contribution is 0.114. The molecule has 0 aliphatic rings. The first-order valence-electron chi connectivity index (χ1n) is 16.7. The summed E-state index contributed by atoms with van der Waals surface area (Å²) in [7, 11) is 2.65. The minimum Gasteiger partial charge on any atom is -0.398 e. The van der Waals surface area contributed by atoms with Crippen LogP contribution in [-0.4, -0.2) is 122 Å². The molecule has 2 N–H and O–H groups in total. The minimum absolute atomic E-state index is 0.0826. The van der Waals surface area contributed by atoms with Crippen molar-refractivity contribution < 1.29 is 31.0 Å². The molecular weight excluding hydrogens is 669 g/mol. The van der Waals surface area contributed by atoms with E-state index in [-0.39, 0.29) is 5.54 Å². The van der Waals surface area contributed by atoms with Gasteiger partial charge in [-0.25, -0.2) is 0 Å². The molecule has 1 unspecified atom stereocenters. The highest BCUT2D eigenvalue weighted by molar-refractivity contribution is 6.76. The number of benzene rings is 1. The van der Waals surface area contributed by atoms with Crippen molar-refractivity contribution in [3.8, 4) is 0 Å². The molecule has 0 radical (unpaired) electrons. The van der Waals surface area contributed by atoms with Crippen LogP contribution in [-0.2, 0) is 37.4 Å². The number of hydrogen-bond acceptors (Lipinski definition) is 9. The zero-order valence-corrected chi connectivity index (χ0v) is 37.9. The molecule has 0 heterocycles. The van der Waals surface area contributed by atoms with Crippen LogP contribution >= 0.6 is 0 Å². The van der Waals surface area contributed by atoms with Gasteiger partial charge in [-0.2, -0.15) is 0 Å². The molecule has 0 amide bonds. The van der Waals surface area contributed by atoms with Gasteiger partial charge in [0.15, 0.2) is 0 Å². The zero-order chi connectivity index (χ0) is 34.3. The van der Waals surface area contributed by atoms with Crippen LogP contribution in [0.4, 0.5) is 0 Å². The van der Waals surface area contributed by atoms with E-state index in [9.17, 15) is 0 Å². The van der Waals surface area contributed by atoms with E-state index < -0.39 is 53.0 Å². The molecule has 9 nitrogen and oxygen atoms in total. The van der Waals surface area contributed by atoms with E-state index in [1.807, 2.05) is 0 Å². The third-order valence-corrected chi connectivity index (χ3v) is 24.1. The van der Waals surface area contributed by atoms with Crippen LogP contribution in [0.25, 0.3) is 0 Å². The highest BCUT2D eigenvalue weighted by Gasteiger charge is 2.46. The molecule has 0 spiro atoms. The molecule has 1 atom stereocenters. The van der Waals surface area contributed by atoms with Gasteiger partial charge in [0.2, 0.25) is 0 Å². The van der Waals surface area contributed by atoms with E-state index >= 15 is 0 Å². The second-order valence-corrected chi connectivity index (χ2v) is 31.4. The summed E-state index contributed by atoms with van der Waals surface area (Å²) in [6.07, 6.45) is 3.24. The predicted molar refractivity (Wildman–Crippen MR) is 206 cm³/mol. The standard InChI is InChI=1S/C30H68N2O7Si6/c1-25(45(37-6,38-7)39-8)26-17-18-28(41(9)10)27(29(26)42(11)12)19-22-40-30(31-20-15-23-43(13,33-2)34-3)32-21-16-24-44(14,35-4)36-5/h17-18,25,30-32,41-42H,15-16,19-24,40H2,1-14H3. The van der Waals surface area contributed by atoms with Crippen LogP contribution < -0.4 is 21.0 Å². The van der Waals surface area contributed by atoms with Crippen LogP contribution in [0.2, 0.25) is 57.4 Å². The van der Waals surface area contributed by atoms with Gasteiger partial charge in [-0.3, -0.25) is 0 Å². The average molecular weight is 737 g/mol. The maximum absolute atomic E-state index is 5.96. The zero-order valence-electron chi connectivity index (χ0n) is 31.2. The Morgan fingerprint density at radius 2 is 1.18 bits per heavy atom. The SMILES string of the molecule is CO[Si](C)(CCCNC(NCCC[Si](C)(OC)OC)[SiH2]CCc1c([SiH](C)C)ccc(C(C)[Si](OC)(OC)OC)c1[SiH](C)C)OC. The van der Waals surface area contributed by atoms with E-state index in [1.165, 1.54) is 11.6 Å². The van der Waals surface area contributed by atoms with Gasteiger partial charge in [0.1, 0.15) is 0 Å². The average Bonchev–Trinajstić information content (AvgIpc) is 3.04. The molecule has 15 heteroatoms. The summed E-state index contributed by atoms with van der Waals surface area (Å²) in [4.78, 5) is 0. The number of hydrogen-bond donors (Lipinski definition) is 2. The molecule has 0 aromatic heterocycles. The van der Waals surface area contributed by atoms with Crippen LogP contribution in [0, 0.1) is 0 Å². The summed E-state index contributed by atoms with van der Waals surface area (Å²) in [5.41, 5.74) is 3.09. The van der Waals surface area contributed by atoms with Crippen LogP contribution in [0.1, 0.15) is 36.4 Å². The molecule has 1 aromatic rings. The van der Waals surface area contributed by atoms with Crippen molar-refractivity contribution in [2.24, 2.45) is 0 Å². The van der Waals surface area contributed by atoms with Gasteiger partial charge in [-0.1, -0.05) is 67.2 Å². The Bertz CT molecular complexity index is 933. The minimum atomic E-state index is -2.84. The van der Waals surface area contributed by atoms with Crippen molar-refractivity contribution in [1.82, 2.24) is 10.6 Å². The molecule has 0 aliphatic carbocycles. The van der Waals surface area contributed by atoms with Crippen molar-refractivity contribution >= 4 is 63.4 Å². The quantitative estimate of drug-likeness (QED) is 0.0895. The Kier molecular flexibility index (Phi) is 20.4. The van der Waals surface area contributed by atoms with Gasteiger partial charge < -0.3 is 41.6 Å². The summed E-state index contributed by atoms with van der Waals surface area (Å²) < 4.78 is 40.8. The molecule has 0 fully saturated rings. The molecule has 1 aromatic carbocycles. The van der Waals surface area contributed by atoms with E-state index in [4.69, 9.17) is 31.0 Å². The molecule has 45 heavy (non-hydrogen) atoms. The van der Waals surface area contributed by atoms with Gasteiger partial charge in [0.05, 0.1) is 32.7 Å². The molecule has 1 rings (SSSR count). The first-order chi connectivity index (χ1) is 21.3. The van der Waals surface area contributed by atoms with Crippen molar-refractivity contribution in [3.05, 3.63) is 23.3 Å².